The molecule has 1 unspecified atom stereocenters. The van der Waals surface area contributed by atoms with Crippen LogP contribution in [0.2, 0.25) is 0 Å². The summed E-state index contributed by atoms with van der Waals surface area (Å²) in [5.74, 6) is -1.09. The monoisotopic (exact) mass is 1260 g/mol. The lowest BCUT2D eigenvalue weighted by atomic mass is 9.94. The molecule has 3 aliphatic rings. The van der Waals surface area contributed by atoms with Crippen LogP contribution in [0.1, 0.15) is 59.7 Å². The van der Waals surface area contributed by atoms with Gasteiger partial charge in [0.15, 0.2) is 18.7 Å². The molecule has 3 saturated heterocycles. The lowest BCUT2D eigenvalue weighted by molar-refractivity contribution is -0.387. The van der Waals surface area contributed by atoms with Crippen molar-refractivity contribution >= 4 is 20.1 Å². The minimum atomic E-state index is -3.56. The molecule has 0 bridgehead atoms. The summed E-state index contributed by atoms with van der Waals surface area (Å²) in [6.45, 7) is 4.63. The zero-order valence-electron chi connectivity index (χ0n) is 51.0. The number of carbonyl (C=O) groups is 2. The number of nitrogens with one attached hydrogen (secondary N) is 1. The number of benzene rings is 7. The molecule has 91 heavy (non-hydrogen) atoms. The molecule has 0 aromatic heterocycles. The SMILES string of the molecule is CC(=O)N[C@@H]1[C@H](O[C@H]2[C@H](OCc3ccccc3)[C@@H](OCc3ccccc3)[C@@H](O[C@H]3[C@H](O[P+](=O)[O-])O[C@@H](C)[C@H](OCc4ccccc4)[C@H]3OCc3ccccc3)O[C@@H]2COCc2ccccc2)O[C@H](COCc2ccccc2)[C@@H](OC(C)=O)[C@@H]1OCc1ccccc1. The van der Waals surface area contributed by atoms with Gasteiger partial charge in [-0.25, -0.2) is 0 Å². The van der Waals surface area contributed by atoms with Gasteiger partial charge in [-0.05, 0) is 50.4 Å². The number of esters is 1. The van der Waals surface area contributed by atoms with Crippen molar-refractivity contribution in [2.75, 3.05) is 13.2 Å². The first-order valence-corrected chi connectivity index (χ1v) is 31.6. The molecule has 1 amide bonds. The Morgan fingerprint density at radius 1 is 0.407 bits per heavy atom. The Balaban J connectivity index is 1.08. The molecule has 7 aromatic carbocycles. The summed E-state index contributed by atoms with van der Waals surface area (Å²) in [5, 5.41) is 3.05. The first-order chi connectivity index (χ1) is 44.5. The third-order valence-electron chi connectivity index (χ3n) is 15.6. The first-order valence-electron chi connectivity index (χ1n) is 30.5. The first kappa shape index (κ1) is 66.9. The highest BCUT2D eigenvalue weighted by Gasteiger charge is 2.58. The summed E-state index contributed by atoms with van der Waals surface area (Å²) in [6, 6.07) is 65.5. The van der Waals surface area contributed by atoms with Crippen LogP contribution < -0.4 is 10.2 Å². The molecule has 1 N–H and O–H groups in total. The number of amides is 1. The summed E-state index contributed by atoms with van der Waals surface area (Å²) < 4.78 is 108. The molecule has 3 heterocycles. The van der Waals surface area contributed by atoms with E-state index >= 15 is 0 Å². The molecular weight excluding hydrogens is 1190 g/mol. The highest BCUT2D eigenvalue weighted by atomic mass is 31.1. The number of carbonyl (C=O) groups excluding carboxylic acids is 2. The Kier molecular flexibility index (Phi) is 25.5. The third-order valence-corrected chi connectivity index (χ3v) is 16.0. The van der Waals surface area contributed by atoms with Crippen molar-refractivity contribution in [3.63, 3.8) is 0 Å². The standard InChI is InChI=1S/C71H78NO18P/c1-48-61(79-41-53-29-15-6-16-30-53)65(81-43-55-33-19-8-20-34-55)68(71(84-48)90-91(75)76)89-70-67(83-45-57-37-23-10-24-38-57)66(82-44-56-35-21-9-22-36-56)63(59(87-70)47-78-40-52-27-13-5-14-28-52)88-69-60(72-49(2)73)64(80-42-54-31-17-7-18-32-54)62(85-50(3)74)58(86-69)46-77-39-51-25-11-4-12-26-51/h4-38,48,58-71H,39-47H2,1-3H3,(H,72,73)/t48-,58+,59+,60-,61-,62+,63+,64+,65+,66-,67+,68+,69-,70+,71-/m0/s1. The minimum Gasteiger partial charge on any atom is -0.566 e. The van der Waals surface area contributed by atoms with E-state index in [0.29, 0.717) is 0 Å². The van der Waals surface area contributed by atoms with E-state index in [1.54, 1.807) is 6.92 Å². The van der Waals surface area contributed by atoms with Gasteiger partial charge in [0.2, 0.25) is 12.2 Å². The zero-order valence-corrected chi connectivity index (χ0v) is 51.9. The van der Waals surface area contributed by atoms with E-state index in [2.05, 4.69) is 5.32 Å². The van der Waals surface area contributed by atoms with Crippen LogP contribution in [-0.4, -0.2) is 117 Å². The molecule has 20 heteroatoms. The van der Waals surface area contributed by atoms with Crippen molar-refractivity contribution in [3.8, 4) is 0 Å². The van der Waals surface area contributed by atoms with Gasteiger partial charge in [-0.1, -0.05) is 212 Å². The molecule has 3 aliphatic heterocycles. The molecule has 480 valence electrons. The van der Waals surface area contributed by atoms with Crippen LogP contribution in [0.15, 0.2) is 212 Å². The average molecular weight is 1260 g/mol. The molecule has 0 radical (unpaired) electrons. The lowest BCUT2D eigenvalue weighted by Crippen LogP contribution is -2.69. The predicted octanol–water partition coefficient (Wildman–Crippen LogP) is 9.78. The van der Waals surface area contributed by atoms with Gasteiger partial charge in [0, 0.05) is 13.8 Å². The van der Waals surface area contributed by atoms with Gasteiger partial charge < -0.3 is 71.8 Å². The Morgan fingerprint density at radius 3 is 1.14 bits per heavy atom. The van der Waals surface area contributed by atoms with Gasteiger partial charge in [0.1, 0.15) is 61.0 Å². The number of ether oxygens (including phenoxy) is 13. The third kappa shape index (κ3) is 19.8. The van der Waals surface area contributed by atoms with Crippen LogP contribution in [0.3, 0.4) is 0 Å². The summed E-state index contributed by atoms with van der Waals surface area (Å²) in [6.07, 6.45) is -16.9. The minimum absolute atomic E-state index is 0.000524. The maximum Gasteiger partial charge on any atom is 0.491 e. The Morgan fingerprint density at radius 2 is 0.747 bits per heavy atom. The second-order valence-corrected chi connectivity index (χ2v) is 23.1. The fraction of sp³-hybridized carbons (Fsp3) is 0.380. The fourth-order valence-corrected chi connectivity index (χ4v) is 11.6. The number of hydrogen-bond donors (Lipinski definition) is 1. The van der Waals surface area contributed by atoms with Gasteiger partial charge in [0.05, 0.1) is 65.6 Å². The Hall–Kier alpha value is -6.98. The summed E-state index contributed by atoms with van der Waals surface area (Å²) in [5.41, 5.74) is 5.80. The van der Waals surface area contributed by atoms with E-state index in [4.69, 9.17) is 66.1 Å². The lowest BCUT2D eigenvalue weighted by Gasteiger charge is -2.51. The van der Waals surface area contributed by atoms with E-state index < -0.39 is 112 Å². The van der Waals surface area contributed by atoms with E-state index in [9.17, 15) is 19.0 Å². The van der Waals surface area contributed by atoms with Crippen LogP contribution in [0, 0.1) is 0 Å². The van der Waals surface area contributed by atoms with Crippen LogP contribution in [0.5, 0.6) is 0 Å². The van der Waals surface area contributed by atoms with Crippen molar-refractivity contribution < 1.29 is 85.2 Å². The van der Waals surface area contributed by atoms with Crippen molar-refractivity contribution in [3.05, 3.63) is 251 Å². The van der Waals surface area contributed by atoms with Crippen molar-refractivity contribution in [2.24, 2.45) is 0 Å². The molecule has 0 aliphatic carbocycles. The molecular formula is C71H78NO18P. The highest BCUT2D eigenvalue weighted by molar-refractivity contribution is 7.30. The van der Waals surface area contributed by atoms with Gasteiger partial charge in [-0.15, -0.1) is 4.52 Å². The quantitative estimate of drug-likeness (QED) is 0.0316. The Labute approximate surface area is 531 Å². The fourth-order valence-electron chi connectivity index (χ4n) is 11.3. The van der Waals surface area contributed by atoms with Crippen LogP contribution >= 0.6 is 8.25 Å². The molecule has 19 nitrogen and oxygen atoms in total. The summed E-state index contributed by atoms with van der Waals surface area (Å²) in [4.78, 5) is 39.8. The molecule has 0 saturated carbocycles. The van der Waals surface area contributed by atoms with Gasteiger partial charge in [0.25, 0.3) is 0 Å². The van der Waals surface area contributed by atoms with E-state index in [0.717, 1.165) is 38.9 Å². The van der Waals surface area contributed by atoms with Gasteiger partial charge >= 0.3 is 14.2 Å². The van der Waals surface area contributed by atoms with E-state index in [-0.39, 0.29) is 59.5 Å². The van der Waals surface area contributed by atoms with Crippen LogP contribution in [0.25, 0.3) is 0 Å². The molecule has 7 aromatic rings. The zero-order chi connectivity index (χ0) is 63.2. The second-order valence-electron chi connectivity index (χ2n) is 22.4. The van der Waals surface area contributed by atoms with E-state index in [1.165, 1.54) is 13.8 Å². The molecule has 0 spiro atoms. The van der Waals surface area contributed by atoms with E-state index in [1.807, 2.05) is 212 Å². The summed E-state index contributed by atoms with van der Waals surface area (Å²) in [7, 11) is -3.56. The number of rotatable bonds is 31. The average Bonchev–Trinajstić information content (AvgIpc) is 1.24. The summed E-state index contributed by atoms with van der Waals surface area (Å²) >= 11 is 0. The molecule has 16 atom stereocenters. The Bertz CT molecular complexity index is 3260. The topological polar surface area (TPSA) is 216 Å². The maximum absolute atomic E-state index is 13.7. The number of hydrogen-bond acceptors (Lipinski definition) is 18. The molecule has 10 rings (SSSR count). The van der Waals surface area contributed by atoms with Gasteiger partial charge in [-0.3, -0.25) is 9.59 Å². The van der Waals surface area contributed by atoms with Crippen molar-refractivity contribution in [1.29, 1.82) is 0 Å². The molecule has 3 fully saturated rings. The largest absolute Gasteiger partial charge is 0.566 e. The normalized spacial score (nSPS) is 26.7. The van der Waals surface area contributed by atoms with Crippen LogP contribution in [0.4, 0.5) is 0 Å². The highest BCUT2D eigenvalue weighted by Crippen LogP contribution is 2.40. The van der Waals surface area contributed by atoms with Crippen molar-refractivity contribution in [1.82, 2.24) is 5.32 Å². The van der Waals surface area contributed by atoms with Gasteiger partial charge in [-0.2, -0.15) is 0 Å². The van der Waals surface area contributed by atoms with Crippen molar-refractivity contribution in [2.45, 2.75) is 159 Å². The smallest absolute Gasteiger partial charge is 0.491 e. The predicted molar refractivity (Wildman–Crippen MR) is 331 cm³/mol. The van der Waals surface area contributed by atoms with Crippen LogP contribution in [-0.2, 0) is 127 Å². The second kappa shape index (κ2) is 34.6. The maximum atomic E-state index is 13.7.